The Labute approximate surface area is 209 Å². The Morgan fingerprint density at radius 3 is 2.26 bits per heavy atom. The van der Waals surface area contributed by atoms with Crippen LogP contribution in [0.4, 0.5) is 0 Å². The van der Waals surface area contributed by atoms with Gasteiger partial charge in [0, 0.05) is 12.0 Å². The van der Waals surface area contributed by atoms with Crippen molar-refractivity contribution in [2.75, 3.05) is 6.61 Å². The fourth-order valence-corrected chi connectivity index (χ4v) is 9.55. The van der Waals surface area contributed by atoms with E-state index in [2.05, 4.69) is 55.0 Å². The fraction of sp³-hybridized carbons (Fsp3) is 0.871. The Kier molecular flexibility index (Phi) is 6.79. The molecule has 0 bridgehead atoms. The molecule has 0 aromatic rings. The van der Waals surface area contributed by atoms with Crippen molar-refractivity contribution in [3.05, 3.63) is 23.3 Å². The molecule has 0 spiro atoms. The van der Waals surface area contributed by atoms with E-state index in [1.54, 1.807) is 11.1 Å². The highest BCUT2D eigenvalue weighted by atomic mass is 16.3. The smallest absolute Gasteiger partial charge is 0.0639 e. The van der Waals surface area contributed by atoms with Crippen LogP contribution in [0.3, 0.4) is 0 Å². The predicted molar refractivity (Wildman–Crippen MR) is 140 cm³/mol. The van der Waals surface area contributed by atoms with Crippen LogP contribution in [0.1, 0.15) is 106 Å². The van der Waals surface area contributed by atoms with Gasteiger partial charge in [-0.25, -0.2) is 0 Å². The number of aliphatic hydroxyl groups is 3. The summed E-state index contributed by atoms with van der Waals surface area (Å²) in [5.74, 6) is 1.53. The van der Waals surface area contributed by atoms with Crippen molar-refractivity contribution in [3.8, 4) is 0 Å². The molecule has 0 aromatic heterocycles. The molecule has 194 valence electrons. The van der Waals surface area contributed by atoms with E-state index in [9.17, 15) is 15.3 Å². The molecule has 4 aliphatic carbocycles. The number of hydrogen-bond acceptors (Lipinski definition) is 3. The molecule has 3 nitrogen and oxygen atoms in total. The topological polar surface area (TPSA) is 60.7 Å². The molecule has 0 radical (unpaired) electrons. The summed E-state index contributed by atoms with van der Waals surface area (Å²) in [5, 5.41) is 33.0. The monoisotopic (exact) mass is 472 g/mol. The Bertz CT molecular complexity index is 840. The van der Waals surface area contributed by atoms with Crippen molar-refractivity contribution >= 4 is 0 Å². The molecular formula is C31H52O3. The third kappa shape index (κ3) is 3.54. The molecule has 3 heteroatoms. The lowest BCUT2D eigenvalue weighted by atomic mass is 9.43. The van der Waals surface area contributed by atoms with E-state index < -0.39 is 0 Å². The highest BCUT2D eigenvalue weighted by Gasteiger charge is 2.66. The minimum absolute atomic E-state index is 0.00467. The first-order valence-electron chi connectivity index (χ1n) is 14.1. The molecule has 0 unspecified atom stereocenters. The summed E-state index contributed by atoms with van der Waals surface area (Å²) >= 11 is 0. The maximum atomic E-state index is 11.7. The first kappa shape index (κ1) is 26.4. The van der Waals surface area contributed by atoms with E-state index >= 15 is 0 Å². The lowest BCUT2D eigenvalue weighted by molar-refractivity contribution is -0.100. The van der Waals surface area contributed by atoms with Gasteiger partial charge < -0.3 is 15.3 Å². The van der Waals surface area contributed by atoms with Crippen molar-refractivity contribution < 1.29 is 15.3 Å². The van der Waals surface area contributed by atoms with Crippen molar-refractivity contribution in [3.63, 3.8) is 0 Å². The lowest BCUT2D eigenvalue weighted by Crippen LogP contribution is -2.56. The van der Waals surface area contributed by atoms with Crippen molar-refractivity contribution in [2.45, 2.75) is 118 Å². The van der Waals surface area contributed by atoms with Crippen LogP contribution in [-0.4, -0.2) is 34.1 Å². The van der Waals surface area contributed by atoms with Crippen LogP contribution in [0.15, 0.2) is 23.3 Å². The number of rotatable bonds is 6. The van der Waals surface area contributed by atoms with E-state index in [0.29, 0.717) is 17.8 Å². The number of hydrogen-bond donors (Lipinski definition) is 3. The summed E-state index contributed by atoms with van der Waals surface area (Å²) in [4.78, 5) is 0. The molecule has 2 saturated carbocycles. The van der Waals surface area contributed by atoms with Crippen LogP contribution >= 0.6 is 0 Å². The van der Waals surface area contributed by atoms with Crippen LogP contribution < -0.4 is 0 Å². The molecule has 8 atom stereocenters. The van der Waals surface area contributed by atoms with Crippen LogP contribution in [0.5, 0.6) is 0 Å². The van der Waals surface area contributed by atoms with Crippen molar-refractivity contribution in [1.82, 2.24) is 0 Å². The van der Waals surface area contributed by atoms with Gasteiger partial charge in [-0.2, -0.15) is 0 Å². The zero-order valence-corrected chi connectivity index (χ0v) is 23.1. The van der Waals surface area contributed by atoms with Gasteiger partial charge in [-0.15, -0.1) is 0 Å². The summed E-state index contributed by atoms with van der Waals surface area (Å²) in [6.45, 7) is 20.7. The van der Waals surface area contributed by atoms with Gasteiger partial charge in [-0.1, -0.05) is 71.8 Å². The summed E-state index contributed by atoms with van der Waals surface area (Å²) < 4.78 is 0. The van der Waals surface area contributed by atoms with E-state index in [-0.39, 0.29) is 46.4 Å². The van der Waals surface area contributed by atoms with Crippen LogP contribution in [0.2, 0.25) is 0 Å². The van der Waals surface area contributed by atoms with Gasteiger partial charge in [0.1, 0.15) is 0 Å². The minimum atomic E-state index is -0.350. The van der Waals surface area contributed by atoms with Crippen molar-refractivity contribution in [2.24, 2.45) is 45.3 Å². The average molecular weight is 473 g/mol. The predicted octanol–water partition coefficient (Wildman–Crippen LogP) is 6.67. The van der Waals surface area contributed by atoms with Gasteiger partial charge in [0.25, 0.3) is 0 Å². The van der Waals surface area contributed by atoms with Gasteiger partial charge in [-0.05, 0) is 97.7 Å². The molecule has 0 heterocycles. The average Bonchev–Trinajstić information content (AvgIpc) is 2.98. The molecule has 0 amide bonds. The van der Waals surface area contributed by atoms with E-state index in [1.807, 2.05) is 0 Å². The summed E-state index contributed by atoms with van der Waals surface area (Å²) in [6, 6.07) is 0. The zero-order valence-electron chi connectivity index (χ0n) is 23.1. The van der Waals surface area contributed by atoms with Gasteiger partial charge in [0.05, 0.1) is 12.2 Å². The summed E-state index contributed by atoms with van der Waals surface area (Å²) in [6.07, 6.45) is 8.47. The van der Waals surface area contributed by atoms with Crippen LogP contribution in [0, 0.1) is 45.3 Å². The second-order valence-electron chi connectivity index (χ2n) is 14.1. The van der Waals surface area contributed by atoms with Gasteiger partial charge >= 0.3 is 0 Å². The second kappa shape index (κ2) is 8.73. The quantitative estimate of drug-likeness (QED) is 0.378. The van der Waals surface area contributed by atoms with Crippen LogP contribution in [-0.2, 0) is 0 Å². The largest absolute Gasteiger partial charge is 0.396 e. The Morgan fingerprint density at radius 2 is 1.65 bits per heavy atom. The third-order valence-corrected chi connectivity index (χ3v) is 12.3. The maximum Gasteiger partial charge on any atom is 0.0639 e. The van der Waals surface area contributed by atoms with E-state index in [1.165, 1.54) is 5.57 Å². The molecular weight excluding hydrogens is 420 g/mol. The van der Waals surface area contributed by atoms with Gasteiger partial charge in [0.2, 0.25) is 0 Å². The number of fused-ring (bicyclic) bond motifs is 4. The highest BCUT2D eigenvalue weighted by molar-refractivity contribution is 5.40. The maximum absolute atomic E-state index is 11.7. The first-order chi connectivity index (χ1) is 15.7. The Balaban J connectivity index is 1.69. The zero-order chi connectivity index (χ0) is 25.3. The van der Waals surface area contributed by atoms with Crippen LogP contribution in [0.25, 0.3) is 0 Å². The molecule has 4 rings (SSSR count). The molecule has 3 N–H and O–H groups in total. The molecule has 34 heavy (non-hydrogen) atoms. The number of aliphatic hydroxyl groups excluding tert-OH is 3. The lowest BCUT2D eigenvalue weighted by Gasteiger charge is -2.62. The molecule has 2 fully saturated rings. The summed E-state index contributed by atoms with van der Waals surface area (Å²) in [5.41, 5.74) is 4.29. The Morgan fingerprint density at radius 1 is 0.971 bits per heavy atom. The second-order valence-corrected chi connectivity index (χ2v) is 14.1. The highest BCUT2D eigenvalue weighted by Crippen LogP contribution is 2.72. The van der Waals surface area contributed by atoms with Gasteiger partial charge in [0.15, 0.2) is 0 Å². The molecule has 0 saturated heterocycles. The van der Waals surface area contributed by atoms with E-state index in [0.717, 1.165) is 57.8 Å². The molecule has 4 aliphatic rings. The van der Waals surface area contributed by atoms with Gasteiger partial charge in [-0.3, -0.25) is 0 Å². The minimum Gasteiger partial charge on any atom is -0.396 e. The standard InChI is InChI=1S/C31H52O3/c1-19(2)20(3)9-10-21(18-32)24-17-27(34)31(8)23-11-12-25-28(4,5)26(33)14-15-29(25,6)22(23)13-16-30(24,31)7/h19,21,24-27,32-34H,3,9-18H2,1-2,4-8H3/t21-,24+,25-,26-,27-,29+,30+,31+/m0/s1. The molecule has 0 aliphatic heterocycles. The molecule has 0 aromatic carbocycles. The fourth-order valence-electron chi connectivity index (χ4n) is 9.55. The van der Waals surface area contributed by atoms with Crippen molar-refractivity contribution in [1.29, 1.82) is 0 Å². The normalized spacial score (nSPS) is 44.4. The Hall–Kier alpha value is -0.640. The SMILES string of the molecule is C=C(CC[C@@H](CO)[C@H]1C[C@H](O)[C@@]2(C)C3=C(CC[C@]12C)[C@@]1(C)CC[C@H](O)C(C)(C)[C@@H]1CC3)C(C)C. The summed E-state index contributed by atoms with van der Waals surface area (Å²) in [7, 11) is 0. The first-order valence-corrected chi connectivity index (χ1v) is 14.1. The number of allylic oxidation sites excluding steroid dienone is 2. The third-order valence-electron chi connectivity index (χ3n) is 12.3. The van der Waals surface area contributed by atoms with E-state index in [4.69, 9.17) is 0 Å².